The molecule has 0 aliphatic heterocycles. The number of fused-ring (bicyclic) bond motifs is 10. The second kappa shape index (κ2) is 15.5. The predicted molar refractivity (Wildman–Crippen MR) is 280 cm³/mol. The van der Waals surface area contributed by atoms with Gasteiger partial charge in [-0.1, -0.05) is 200 Å². The molecule has 13 aromatic rings. The number of nitrogens with zero attached hydrogens (tertiary/aromatic N) is 1. The fourth-order valence-electron chi connectivity index (χ4n) is 10.4. The molecule has 1 heterocycles. The van der Waals surface area contributed by atoms with Crippen LogP contribution in [0.4, 0.5) is 17.1 Å². The van der Waals surface area contributed by atoms with Crippen LogP contribution in [0.1, 0.15) is 0 Å². The molecule has 13 rings (SSSR count). The number of para-hydroxylation sites is 2. The van der Waals surface area contributed by atoms with Crippen LogP contribution in [0.25, 0.3) is 110 Å². The standard InChI is InChI=1S/C64H41NO/c1-2-16-42(17-3-1)45-20-14-21-47(40-45)50-23-10-12-30-60(50)65(61-39-38-57(51-29-15-19-44-18-4-5-22-49(44)51)64-63(61)58-28-11-13-31-62(58)66-64)48-35-32-43(33-36-48)46-34-37-56-54-26-7-6-24-52(54)53-25-8-9-27-55(53)59(56)41-46/h1-41H. The molecule has 1 aromatic heterocycles. The van der Waals surface area contributed by atoms with Crippen molar-refractivity contribution in [2.24, 2.45) is 0 Å². The number of benzene rings is 12. The molecule has 0 saturated carbocycles. The predicted octanol–water partition coefficient (Wildman–Crippen LogP) is 18.3. The van der Waals surface area contributed by atoms with E-state index in [-0.39, 0.29) is 0 Å². The minimum atomic E-state index is 0.859. The Hall–Kier alpha value is -8.72. The smallest absolute Gasteiger partial charge is 0.145 e. The van der Waals surface area contributed by atoms with E-state index in [2.05, 4.69) is 254 Å². The summed E-state index contributed by atoms with van der Waals surface area (Å²) in [5, 5.41) is 12.2. The van der Waals surface area contributed by atoms with Gasteiger partial charge in [0, 0.05) is 22.2 Å². The van der Waals surface area contributed by atoms with E-state index in [4.69, 9.17) is 4.42 Å². The summed E-state index contributed by atoms with van der Waals surface area (Å²) in [6.45, 7) is 0. The SMILES string of the molecule is c1ccc(-c2cccc(-c3ccccc3N(c3ccc(-c4ccc5c6ccccc6c6ccccc6c5c4)cc3)c3ccc(-c4cccc5ccccc45)c4oc5ccccc5c34)c2)cc1. The molecule has 0 spiro atoms. The molecule has 0 radical (unpaired) electrons. The van der Waals surface area contributed by atoms with Crippen molar-refractivity contribution in [3.05, 3.63) is 249 Å². The first-order valence-electron chi connectivity index (χ1n) is 22.7. The van der Waals surface area contributed by atoms with Gasteiger partial charge in [-0.2, -0.15) is 0 Å². The third kappa shape index (κ3) is 6.18. The highest BCUT2D eigenvalue weighted by Gasteiger charge is 2.25. The second-order valence-electron chi connectivity index (χ2n) is 17.2. The van der Waals surface area contributed by atoms with Crippen LogP contribution in [0.5, 0.6) is 0 Å². The summed E-state index contributed by atoms with van der Waals surface area (Å²) in [4.78, 5) is 2.44. The summed E-state index contributed by atoms with van der Waals surface area (Å²) in [5.41, 5.74) is 14.1. The van der Waals surface area contributed by atoms with Gasteiger partial charge in [0.15, 0.2) is 0 Å². The Morgan fingerprint density at radius 2 is 0.803 bits per heavy atom. The zero-order chi connectivity index (χ0) is 43.6. The Balaban J connectivity index is 1.03. The molecule has 0 bridgehead atoms. The minimum absolute atomic E-state index is 0.859. The van der Waals surface area contributed by atoms with E-state index in [1.807, 2.05) is 0 Å². The van der Waals surface area contributed by atoms with Gasteiger partial charge in [-0.05, 0) is 125 Å². The molecular formula is C64H41NO. The number of hydrogen-bond acceptors (Lipinski definition) is 2. The zero-order valence-electron chi connectivity index (χ0n) is 36.0. The lowest BCUT2D eigenvalue weighted by Gasteiger charge is -2.29. The quantitative estimate of drug-likeness (QED) is 0.149. The largest absolute Gasteiger partial charge is 0.455 e. The maximum absolute atomic E-state index is 6.97. The molecule has 12 aromatic carbocycles. The lowest BCUT2D eigenvalue weighted by atomic mass is 9.92. The van der Waals surface area contributed by atoms with Crippen LogP contribution in [0.15, 0.2) is 253 Å². The van der Waals surface area contributed by atoms with Crippen LogP contribution in [0.2, 0.25) is 0 Å². The number of furan rings is 1. The molecule has 0 unspecified atom stereocenters. The fraction of sp³-hybridized carbons (Fsp3) is 0. The lowest BCUT2D eigenvalue weighted by molar-refractivity contribution is 0.670. The Kier molecular flexibility index (Phi) is 8.89. The Bertz CT molecular complexity index is 3950. The van der Waals surface area contributed by atoms with E-state index in [1.54, 1.807) is 0 Å². The fourth-order valence-corrected chi connectivity index (χ4v) is 10.4. The van der Waals surface area contributed by atoms with Crippen LogP contribution >= 0.6 is 0 Å². The van der Waals surface area contributed by atoms with Crippen LogP contribution in [0, 0.1) is 0 Å². The first-order valence-corrected chi connectivity index (χ1v) is 22.7. The van der Waals surface area contributed by atoms with Gasteiger partial charge in [-0.15, -0.1) is 0 Å². The second-order valence-corrected chi connectivity index (χ2v) is 17.2. The highest BCUT2D eigenvalue weighted by Crippen LogP contribution is 2.49. The van der Waals surface area contributed by atoms with E-state index in [0.717, 1.165) is 66.8 Å². The highest BCUT2D eigenvalue weighted by atomic mass is 16.3. The maximum Gasteiger partial charge on any atom is 0.145 e. The van der Waals surface area contributed by atoms with Crippen LogP contribution in [0.3, 0.4) is 0 Å². The van der Waals surface area contributed by atoms with Crippen molar-refractivity contribution in [3.63, 3.8) is 0 Å². The molecule has 66 heavy (non-hydrogen) atoms. The molecule has 0 aliphatic rings. The summed E-state index contributed by atoms with van der Waals surface area (Å²) in [5.74, 6) is 0. The average Bonchev–Trinajstić information content (AvgIpc) is 3.79. The van der Waals surface area contributed by atoms with Crippen molar-refractivity contribution in [2.75, 3.05) is 4.90 Å². The van der Waals surface area contributed by atoms with Gasteiger partial charge in [0.25, 0.3) is 0 Å². The first kappa shape index (κ1) is 37.8. The van der Waals surface area contributed by atoms with E-state index in [0.29, 0.717) is 0 Å². The van der Waals surface area contributed by atoms with Crippen molar-refractivity contribution in [1.82, 2.24) is 0 Å². The Morgan fingerprint density at radius 3 is 1.59 bits per heavy atom. The molecule has 0 atom stereocenters. The minimum Gasteiger partial charge on any atom is -0.455 e. The molecule has 2 nitrogen and oxygen atoms in total. The van der Waals surface area contributed by atoms with Gasteiger partial charge >= 0.3 is 0 Å². The summed E-state index contributed by atoms with van der Waals surface area (Å²) in [6.07, 6.45) is 0. The molecule has 0 fully saturated rings. The van der Waals surface area contributed by atoms with Gasteiger partial charge in [-0.3, -0.25) is 0 Å². The van der Waals surface area contributed by atoms with E-state index in [9.17, 15) is 0 Å². The molecule has 0 aliphatic carbocycles. The maximum atomic E-state index is 6.97. The third-order valence-corrected chi connectivity index (χ3v) is 13.5. The number of anilines is 3. The molecular weight excluding hydrogens is 799 g/mol. The summed E-state index contributed by atoms with van der Waals surface area (Å²) < 4.78 is 6.97. The van der Waals surface area contributed by atoms with Crippen molar-refractivity contribution in [3.8, 4) is 44.5 Å². The van der Waals surface area contributed by atoms with Gasteiger partial charge < -0.3 is 9.32 Å². The Morgan fingerprint density at radius 1 is 0.273 bits per heavy atom. The molecule has 308 valence electrons. The zero-order valence-corrected chi connectivity index (χ0v) is 36.0. The summed E-state index contributed by atoms with van der Waals surface area (Å²) in [7, 11) is 0. The molecule has 0 N–H and O–H groups in total. The van der Waals surface area contributed by atoms with Gasteiger partial charge in [0.05, 0.1) is 16.8 Å². The normalized spacial score (nSPS) is 11.6. The van der Waals surface area contributed by atoms with Gasteiger partial charge in [0.1, 0.15) is 11.2 Å². The highest BCUT2D eigenvalue weighted by molar-refractivity contribution is 6.26. The summed E-state index contributed by atoms with van der Waals surface area (Å²) >= 11 is 0. The Labute approximate surface area is 382 Å². The first-order chi connectivity index (χ1) is 32.7. The van der Waals surface area contributed by atoms with Gasteiger partial charge in [-0.25, -0.2) is 0 Å². The van der Waals surface area contributed by atoms with Crippen molar-refractivity contribution in [1.29, 1.82) is 0 Å². The lowest BCUT2D eigenvalue weighted by Crippen LogP contribution is -2.11. The monoisotopic (exact) mass is 839 g/mol. The summed E-state index contributed by atoms with van der Waals surface area (Å²) in [6, 6.07) is 90.1. The molecule has 0 saturated heterocycles. The number of hydrogen-bond donors (Lipinski definition) is 0. The third-order valence-electron chi connectivity index (χ3n) is 13.5. The van der Waals surface area contributed by atoms with Crippen molar-refractivity contribution < 1.29 is 4.42 Å². The topological polar surface area (TPSA) is 16.4 Å². The van der Waals surface area contributed by atoms with E-state index in [1.165, 1.54) is 59.8 Å². The van der Waals surface area contributed by atoms with Crippen LogP contribution < -0.4 is 4.90 Å². The molecule has 2 heteroatoms. The van der Waals surface area contributed by atoms with E-state index >= 15 is 0 Å². The van der Waals surface area contributed by atoms with Crippen LogP contribution in [-0.4, -0.2) is 0 Å². The average molecular weight is 840 g/mol. The van der Waals surface area contributed by atoms with Crippen LogP contribution in [-0.2, 0) is 0 Å². The van der Waals surface area contributed by atoms with E-state index < -0.39 is 0 Å². The van der Waals surface area contributed by atoms with Crippen molar-refractivity contribution >= 4 is 82.1 Å². The van der Waals surface area contributed by atoms with Crippen molar-refractivity contribution in [2.45, 2.75) is 0 Å². The number of rotatable bonds is 7. The van der Waals surface area contributed by atoms with Gasteiger partial charge in [0.2, 0.25) is 0 Å². The molecule has 0 amide bonds.